The van der Waals surface area contributed by atoms with Crippen molar-refractivity contribution >= 4 is 54.6 Å². The van der Waals surface area contributed by atoms with Crippen LogP contribution in [0, 0.1) is 22.9 Å². The Labute approximate surface area is 452 Å². The van der Waals surface area contributed by atoms with Crippen molar-refractivity contribution < 1.29 is 37.8 Å². The first-order chi connectivity index (χ1) is 40.7. The Balaban J connectivity index is 0.994. The summed E-state index contributed by atoms with van der Waals surface area (Å²) in [5.74, 6) is 1.52. The molecule has 0 N–H and O–H groups in total. The maximum atomic E-state index is 9.56. The number of nitrogens with zero attached hydrogens (tertiary/aromatic N) is 5. The fourth-order valence-electron chi connectivity index (χ4n) is 10.4. The number of rotatable bonds is 9. The van der Waals surface area contributed by atoms with Crippen LogP contribution in [0.25, 0.3) is 111 Å². The van der Waals surface area contributed by atoms with Gasteiger partial charge in [-0.3, -0.25) is 0 Å². The first-order valence-electron chi connectivity index (χ1n) is 28.9. The summed E-state index contributed by atoms with van der Waals surface area (Å²) in [6, 6.07) is 58.2. The van der Waals surface area contributed by atoms with Gasteiger partial charge in [-0.25, -0.2) is 0 Å². The van der Waals surface area contributed by atoms with Gasteiger partial charge in [-0.05, 0) is 18.1 Å². The molecule has 0 aliphatic heterocycles. The van der Waals surface area contributed by atoms with Gasteiger partial charge in [-0.2, -0.15) is 0 Å². The number of aryl methyl sites for hydroxylation is 1. The molecule has 0 atom stereocenters. The molecular weight excluding hydrogens is 1090 g/mol. The second kappa shape index (κ2) is 17.9. The first-order valence-corrected chi connectivity index (χ1v) is 25.0. The molecule has 0 amide bonds. The van der Waals surface area contributed by atoms with Crippen molar-refractivity contribution in [3.05, 3.63) is 264 Å². The molecule has 0 aliphatic rings. The van der Waals surface area contributed by atoms with Crippen LogP contribution in [0.15, 0.2) is 243 Å². The minimum absolute atomic E-state index is 0.140. The topological polar surface area (TPSA) is 41.8 Å². The van der Waals surface area contributed by atoms with Gasteiger partial charge >= 0.3 is 382 Å². The van der Waals surface area contributed by atoms with Crippen LogP contribution in [0.3, 0.4) is 0 Å². The van der Waals surface area contributed by atoms with E-state index in [4.69, 9.17) is 17.9 Å². The zero-order valence-electron chi connectivity index (χ0n) is 49.3. The minimum atomic E-state index is -0.586. The van der Waals surface area contributed by atoms with Crippen LogP contribution in [-0.2, 0) is 19.4 Å². The zero-order valence-corrected chi connectivity index (χ0v) is 41.6. The molecule has 0 bridgehead atoms. The normalized spacial score (nSPS) is 13.6. The third-order valence-electron chi connectivity index (χ3n) is 13.6. The average Bonchev–Trinajstić information content (AvgIpc) is 4.37. The summed E-state index contributed by atoms with van der Waals surface area (Å²) in [7, 11) is 0. The molecule has 14 aromatic rings. The van der Waals surface area contributed by atoms with Crippen LogP contribution >= 0.6 is 0 Å². The van der Waals surface area contributed by atoms with Crippen molar-refractivity contribution in [1.82, 2.24) is 23.3 Å². The van der Waals surface area contributed by atoms with Crippen LogP contribution in [0.5, 0.6) is 11.5 Å². The molecule has 0 saturated carbocycles. The summed E-state index contributed by atoms with van der Waals surface area (Å²) in [4.78, 5) is 5.00. The molecule has 74 heavy (non-hydrogen) atoms. The zero-order chi connectivity index (χ0) is 58.0. The average molecular weight is 1140 g/mol. The number of ether oxygens (including phenoxy) is 1. The Morgan fingerprint density at radius 2 is 1.00 bits per heavy atom. The quantitative estimate of drug-likeness (QED) is 0.135. The van der Waals surface area contributed by atoms with E-state index in [0.29, 0.717) is 37.7 Å². The van der Waals surface area contributed by atoms with Crippen LogP contribution in [0.4, 0.5) is 0 Å². The predicted octanol–water partition coefficient (Wildman–Crippen LogP) is 16.8. The molecule has 0 radical (unpaired) electrons. The van der Waals surface area contributed by atoms with Gasteiger partial charge < -0.3 is 0 Å². The number of benzene rings is 10. The second-order valence-electron chi connectivity index (χ2n) is 17.8. The number of para-hydroxylation sites is 5. The molecule has 7 heteroatoms. The first kappa shape index (κ1) is 34.3. The fourth-order valence-corrected chi connectivity index (χ4v) is 11.5. The number of hydrogen-bond donors (Lipinski definition) is 0. The number of pyridine rings is 1. The van der Waals surface area contributed by atoms with Crippen LogP contribution in [0.2, 0.25) is 0 Å². The van der Waals surface area contributed by atoms with Crippen molar-refractivity contribution in [3.8, 4) is 67.8 Å². The molecule has 10 aromatic carbocycles. The van der Waals surface area contributed by atoms with Crippen molar-refractivity contribution in [2.24, 2.45) is 0 Å². The Kier molecular flexibility index (Phi) is 8.29. The molecule has 354 valence electrons. The maximum absolute atomic E-state index is 9.56. The van der Waals surface area contributed by atoms with E-state index in [1.807, 2.05) is 147 Å². The summed E-state index contributed by atoms with van der Waals surface area (Å²) in [5.41, 5.74) is 8.85. The van der Waals surface area contributed by atoms with Crippen LogP contribution in [0.1, 0.15) is 19.3 Å². The van der Waals surface area contributed by atoms with Crippen molar-refractivity contribution in [2.45, 2.75) is 6.92 Å². The third-order valence-corrected chi connectivity index (χ3v) is 14.6. The Hall–Kier alpha value is -9.09. The van der Waals surface area contributed by atoms with Gasteiger partial charge in [0.1, 0.15) is 0 Å². The van der Waals surface area contributed by atoms with Crippen LogP contribution in [-0.4, -0.2) is 23.3 Å². The molecule has 14 rings (SSSR count). The number of aromatic nitrogens is 5. The number of hydrogen-bond acceptors (Lipinski definition) is 2. The SMILES string of the molecule is [2H]c1c([2H])c([2H])c(-c2cc(-n3c4ccccc4c4ccccc43)cc(-c3c([2H])c([2H])c([2H])c([2H])c3[2H])c2-n2[c](=[Pt])n(-c3[c-]c(Oc4[c-]c5c(cc4)c4ccccc4n5-c4cc(C)c(-c5ccccc5)cn4)ccc3)c3ccccc32)c([2H])c1[2H]. The van der Waals surface area contributed by atoms with E-state index in [1.54, 1.807) is 18.2 Å². The second-order valence-corrected chi connectivity index (χ2v) is 18.8. The van der Waals surface area contributed by atoms with Gasteiger partial charge in [0.2, 0.25) is 0 Å². The standard InChI is InChI=1S/C67H43N5O.Pt/c1-45-38-66(68-43-59(45)48-24-9-4-10-25-48)72-62-33-16-13-30-55(62)56-37-36-52(42-65(56)72)73-51-27-19-26-49(39-51)69-44-70(64-35-18-17-34-63(64)69)67-57(46-20-5-2-6-21-46)40-50(41-58(67)47-22-7-3-8-23-47)71-60-31-14-11-28-53(60)54-29-12-15-32-61(54)71;/h2-38,40-41,43H,1H3;/q-2;/i2D,3D,5D,6D,7D,8D,20D,21D,22D,23D;. The van der Waals surface area contributed by atoms with Crippen molar-refractivity contribution in [1.29, 1.82) is 0 Å². The van der Waals surface area contributed by atoms with Gasteiger partial charge in [0.15, 0.2) is 0 Å². The summed E-state index contributed by atoms with van der Waals surface area (Å²) in [6.45, 7) is 2.08. The Morgan fingerprint density at radius 3 is 1.62 bits per heavy atom. The molecule has 0 spiro atoms. The van der Waals surface area contributed by atoms with E-state index in [9.17, 15) is 5.48 Å². The molecule has 0 unspecified atom stereocenters. The molecular formula is C67H43N5OPt-2. The molecule has 0 saturated heterocycles. The van der Waals surface area contributed by atoms with E-state index < -0.39 is 60.4 Å². The van der Waals surface area contributed by atoms with Crippen molar-refractivity contribution in [3.63, 3.8) is 0 Å². The number of fused-ring (bicyclic) bond motifs is 7. The number of imidazole rings is 1. The van der Waals surface area contributed by atoms with Crippen molar-refractivity contribution in [2.75, 3.05) is 0 Å². The van der Waals surface area contributed by atoms with Crippen LogP contribution < -0.4 is 4.74 Å². The Morgan fingerprint density at radius 1 is 0.459 bits per heavy atom. The van der Waals surface area contributed by atoms with E-state index >= 15 is 0 Å². The fraction of sp³-hybridized carbons (Fsp3) is 0.0149. The van der Waals surface area contributed by atoms with Gasteiger partial charge in [0.05, 0.1) is 0 Å². The predicted molar refractivity (Wildman–Crippen MR) is 298 cm³/mol. The summed E-state index contributed by atoms with van der Waals surface area (Å²) >= 11 is 2.18. The van der Waals surface area contributed by atoms with E-state index in [2.05, 4.69) is 73.3 Å². The molecule has 6 nitrogen and oxygen atoms in total. The Bertz CT molecular complexity index is 4980. The van der Waals surface area contributed by atoms with Gasteiger partial charge in [0.25, 0.3) is 0 Å². The molecule has 0 fully saturated rings. The van der Waals surface area contributed by atoms with E-state index in [1.165, 1.54) is 0 Å². The molecule has 0 aliphatic carbocycles. The summed E-state index contributed by atoms with van der Waals surface area (Å²) in [5, 5.41) is 3.83. The molecule has 4 heterocycles. The van der Waals surface area contributed by atoms with Gasteiger partial charge in [-0.15, -0.1) is 0 Å². The monoisotopic (exact) mass is 1140 g/mol. The summed E-state index contributed by atoms with van der Waals surface area (Å²) < 4.78 is 107. The van der Waals surface area contributed by atoms with E-state index in [-0.39, 0.29) is 27.9 Å². The molecule has 4 aromatic heterocycles. The summed E-state index contributed by atoms with van der Waals surface area (Å²) in [6.07, 6.45) is 1.91. The van der Waals surface area contributed by atoms with Gasteiger partial charge in [-0.1, -0.05) is 42.5 Å². The van der Waals surface area contributed by atoms with E-state index in [0.717, 1.165) is 66.1 Å². The van der Waals surface area contributed by atoms with Gasteiger partial charge in [0, 0.05) is 11.8 Å². The third kappa shape index (κ3) is 7.21.